The van der Waals surface area contributed by atoms with Crippen LogP contribution in [-0.4, -0.2) is 75.8 Å². The molecule has 2 N–H and O–H groups in total. The van der Waals surface area contributed by atoms with Crippen molar-refractivity contribution in [3.8, 4) is 0 Å². The van der Waals surface area contributed by atoms with Crippen LogP contribution < -0.4 is 40.0 Å². The minimum Gasteiger partial charge on any atom is -0.543 e. The summed E-state index contributed by atoms with van der Waals surface area (Å²) in [6.45, 7) is 4.21. The van der Waals surface area contributed by atoms with Crippen LogP contribution in [-0.2, 0) is 14.4 Å². The summed E-state index contributed by atoms with van der Waals surface area (Å²) in [5.41, 5.74) is -0.0289. The number of likely N-dealkylation sites (N-methyl/N-ethyl adjacent to an activating group) is 1. The Morgan fingerprint density at radius 3 is 2.61 bits per heavy atom. The zero-order valence-electron chi connectivity index (χ0n) is 16.5. The van der Waals surface area contributed by atoms with E-state index in [1.807, 2.05) is 6.92 Å². The number of carbonyl (C=O) groups excluding carboxylic acids is 3. The molecule has 0 aromatic carbocycles. The first-order valence-electron chi connectivity index (χ1n) is 9.34. The summed E-state index contributed by atoms with van der Waals surface area (Å²) in [4.78, 5) is 39.3. The van der Waals surface area contributed by atoms with Crippen molar-refractivity contribution in [1.29, 1.82) is 0 Å². The molecule has 148 valence electrons. The van der Waals surface area contributed by atoms with Gasteiger partial charge in [0.05, 0.1) is 35.8 Å². The summed E-state index contributed by atoms with van der Waals surface area (Å²) in [7, 11) is 1.81. The average Bonchev–Trinajstić information content (AvgIpc) is 3.14. The molecule has 0 saturated carbocycles. The van der Waals surface area contributed by atoms with Gasteiger partial charge < -0.3 is 30.1 Å². The van der Waals surface area contributed by atoms with Crippen LogP contribution in [0.15, 0.2) is 10.6 Å². The zero-order valence-corrected chi connectivity index (χ0v) is 19.4. The number of likely N-dealkylation sites (tertiary alicyclic amines) is 1. The van der Waals surface area contributed by atoms with Gasteiger partial charge in [-0.1, -0.05) is 6.92 Å². The average molecular weight is 417 g/mol. The van der Waals surface area contributed by atoms with E-state index >= 15 is 0 Å². The van der Waals surface area contributed by atoms with E-state index in [0.717, 1.165) is 13.0 Å². The van der Waals surface area contributed by atoms with Gasteiger partial charge in [-0.2, -0.15) is 0 Å². The SMILES string of the molecule is C[C@@H](O)[C@H]1C(=O)N2C(C(=O)[O-])=C(S[C@@H]3CN[C@H](C4CC(=O)N4C)C3)[C@H](C)[C@H]12.[Na+]. The fourth-order valence-electron chi connectivity index (χ4n) is 4.91. The van der Waals surface area contributed by atoms with Crippen LogP contribution in [0.5, 0.6) is 0 Å². The number of carbonyl (C=O) groups is 3. The third-order valence-electron chi connectivity index (χ3n) is 6.46. The molecule has 3 fully saturated rings. The Balaban J connectivity index is 0.00000225. The summed E-state index contributed by atoms with van der Waals surface area (Å²) in [6.07, 6.45) is 0.579. The Labute approximate surface area is 190 Å². The van der Waals surface area contributed by atoms with Crippen molar-refractivity contribution in [1.82, 2.24) is 15.1 Å². The van der Waals surface area contributed by atoms with Gasteiger partial charge >= 0.3 is 29.6 Å². The molecule has 0 aliphatic carbocycles. The predicted octanol–water partition coefficient (Wildman–Crippen LogP) is -4.50. The van der Waals surface area contributed by atoms with E-state index < -0.39 is 18.0 Å². The molecule has 8 nitrogen and oxygen atoms in total. The predicted molar refractivity (Wildman–Crippen MR) is 96.0 cm³/mol. The molecule has 0 spiro atoms. The number of aliphatic carboxylic acids is 1. The number of amides is 2. The van der Waals surface area contributed by atoms with Crippen LogP contribution in [0, 0.1) is 11.8 Å². The maximum Gasteiger partial charge on any atom is 1.00 e. The second kappa shape index (κ2) is 7.92. The van der Waals surface area contributed by atoms with Gasteiger partial charge in [-0.15, -0.1) is 11.8 Å². The van der Waals surface area contributed by atoms with Gasteiger partial charge in [0, 0.05) is 42.1 Å². The number of aliphatic hydroxyl groups is 1. The number of β-lactam (4-membered cyclic amide) rings is 2. The van der Waals surface area contributed by atoms with Crippen molar-refractivity contribution in [3.63, 3.8) is 0 Å². The fourth-order valence-corrected chi connectivity index (χ4v) is 6.40. The van der Waals surface area contributed by atoms with Crippen LogP contribution in [0.25, 0.3) is 0 Å². The maximum absolute atomic E-state index is 12.4. The first-order valence-corrected chi connectivity index (χ1v) is 10.2. The minimum absolute atomic E-state index is 0. The van der Waals surface area contributed by atoms with E-state index in [4.69, 9.17) is 0 Å². The van der Waals surface area contributed by atoms with Gasteiger partial charge in [-0.3, -0.25) is 9.59 Å². The minimum atomic E-state index is -1.34. The molecule has 0 radical (unpaired) electrons. The zero-order chi connectivity index (χ0) is 19.6. The van der Waals surface area contributed by atoms with E-state index in [2.05, 4.69) is 5.32 Å². The van der Waals surface area contributed by atoms with E-state index in [1.165, 1.54) is 16.7 Å². The Morgan fingerprint density at radius 2 is 2.07 bits per heavy atom. The smallest absolute Gasteiger partial charge is 0.543 e. The van der Waals surface area contributed by atoms with Gasteiger partial charge in [0.1, 0.15) is 0 Å². The number of fused-ring (bicyclic) bond motifs is 1. The number of aliphatic hydroxyl groups excluding tert-OH is 1. The van der Waals surface area contributed by atoms with Crippen LogP contribution in [0.3, 0.4) is 0 Å². The molecule has 28 heavy (non-hydrogen) atoms. The third kappa shape index (κ3) is 3.24. The van der Waals surface area contributed by atoms with Crippen LogP contribution >= 0.6 is 11.8 Å². The normalized spacial score (nSPS) is 38.0. The summed E-state index contributed by atoms with van der Waals surface area (Å²) in [5, 5.41) is 25.3. The first-order chi connectivity index (χ1) is 12.7. The molecule has 10 heteroatoms. The van der Waals surface area contributed by atoms with Crippen LogP contribution in [0.4, 0.5) is 0 Å². The molecule has 0 aromatic rings. The molecule has 2 amide bonds. The number of rotatable bonds is 5. The van der Waals surface area contributed by atoms with Crippen LogP contribution in [0.2, 0.25) is 0 Å². The molecule has 0 bridgehead atoms. The van der Waals surface area contributed by atoms with Gasteiger partial charge in [0.25, 0.3) is 0 Å². The molecule has 3 saturated heterocycles. The van der Waals surface area contributed by atoms with Crippen molar-refractivity contribution in [2.75, 3.05) is 13.6 Å². The van der Waals surface area contributed by atoms with Gasteiger partial charge in [0.2, 0.25) is 11.8 Å². The van der Waals surface area contributed by atoms with Crippen molar-refractivity contribution in [2.24, 2.45) is 11.8 Å². The summed E-state index contributed by atoms with van der Waals surface area (Å²) >= 11 is 1.50. The summed E-state index contributed by atoms with van der Waals surface area (Å²) < 4.78 is 0. The summed E-state index contributed by atoms with van der Waals surface area (Å²) in [5.74, 6) is -2.23. The van der Waals surface area contributed by atoms with Gasteiger partial charge in [0.15, 0.2) is 0 Å². The number of nitrogens with zero attached hydrogens (tertiary/aromatic N) is 2. The molecule has 4 heterocycles. The third-order valence-corrected chi connectivity index (χ3v) is 7.97. The second-order valence-electron chi connectivity index (χ2n) is 8.02. The van der Waals surface area contributed by atoms with Crippen molar-refractivity contribution in [2.45, 2.75) is 56.2 Å². The first kappa shape index (κ1) is 22.1. The Kier molecular flexibility index (Phi) is 6.26. The number of carboxylic acid groups (broad SMARTS) is 1. The van der Waals surface area contributed by atoms with Gasteiger partial charge in [-0.05, 0) is 13.3 Å². The van der Waals surface area contributed by atoms with Crippen LogP contribution in [0.1, 0.15) is 26.7 Å². The van der Waals surface area contributed by atoms with E-state index in [-0.39, 0.29) is 76.4 Å². The Bertz CT molecular complexity index is 745. The molecular formula is C18H24N3NaO5S. The van der Waals surface area contributed by atoms with Gasteiger partial charge in [-0.25, -0.2) is 0 Å². The van der Waals surface area contributed by atoms with E-state index in [0.29, 0.717) is 11.3 Å². The Hall–Kier alpha value is -0.580. The summed E-state index contributed by atoms with van der Waals surface area (Å²) in [6, 6.07) is 0.0889. The van der Waals surface area contributed by atoms with Crippen molar-refractivity contribution in [3.05, 3.63) is 10.6 Å². The van der Waals surface area contributed by atoms with E-state index in [9.17, 15) is 24.6 Å². The molecule has 1 unspecified atom stereocenters. The molecule has 0 aromatic heterocycles. The van der Waals surface area contributed by atoms with Crippen molar-refractivity contribution < 1.29 is 54.2 Å². The number of hydrogen-bond acceptors (Lipinski definition) is 7. The number of nitrogens with one attached hydrogen (secondary N) is 1. The second-order valence-corrected chi connectivity index (χ2v) is 9.36. The van der Waals surface area contributed by atoms with Crippen molar-refractivity contribution >= 4 is 29.5 Å². The molecule has 4 aliphatic rings. The standard InChI is InChI=1S/C18H25N3O5S.Na/c1-7-14-13(8(2)22)17(24)21(14)15(18(25)26)16(7)27-9-4-10(19-6-9)11-5-12(23)20(11)3;/h7-11,13-14,19,22H,4-6H2,1-3H3,(H,25,26);/q;+1/p-1/t7-,8-,9+,10+,11?,13-,14-;/m1./s1. The maximum atomic E-state index is 12.4. The molecule has 7 atom stereocenters. The largest absolute Gasteiger partial charge is 1.00 e. The number of thioether (sulfide) groups is 1. The topological polar surface area (TPSA) is 113 Å². The Morgan fingerprint density at radius 1 is 1.39 bits per heavy atom. The monoisotopic (exact) mass is 417 g/mol. The molecular weight excluding hydrogens is 393 g/mol. The molecule has 4 rings (SSSR count). The number of carboxylic acids is 1. The number of hydrogen-bond donors (Lipinski definition) is 2. The van der Waals surface area contributed by atoms with E-state index in [1.54, 1.807) is 18.9 Å². The fraction of sp³-hybridized carbons (Fsp3) is 0.722. The molecule has 4 aliphatic heterocycles. The quantitative estimate of drug-likeness (QED) is 0.343.